The monoisotopic (exact) mass is 550 g/mol. The van der Waals surface area contributed by atoms with Gasteiger partial charge in [-0.1, -0.05) is 103 Å². The van der Waals surface area contributed by atoms with Crippen molar-refractivity contribution in [3.05, 3.63) is 158 Å². The Balaban J connectivity index is 1.21. The third-order valence-electron chi connectivity index (χ3n) is 7.89. The zero-order chi connectivity index (χ0) is 28.6. The second kappa shape index (κ2) is 10.5. The minimum absolute atomic E-state index is 0.683. The van der Waals surface area contributed by atoms with Gasteiger partial charge in [0.05, 0.1) is 28.1 Å². The first-order chi connectivity index (χ1) is 21.3. The number of hydrogen-bond acceptors (Lipinski definition) is 3. The summed E-state index contributed by atoms with van der Waals surface area (Å²) in [6, 6.07) is 52.6. The summed E-state index contributed by atoms with van der Waals surface area (Å²) >= 11 is 0. The van der Waals surface area contributed by atoms with Crippen molar-refractivity contribution >= 4 is 21.8 Å². The Kier molecular flexibility index (Phi) is 6.08. The maximum absolute atomic E-state index is 4.97. The second-order valence-corrected chi connectivity index (χ2v) is 10.5. The lowest BCUT2D eigenvalue weighted by atomic mass is 10.00. The van der Waals surface area contributed by atoms with Gasteiger partial charge in [-0.05, 0) is 59.7 Å². The highest BCUT2D eigenvalue weighted by atomic mass is 15.0. The van der Waals surface area contributed by atoms with E-state index < -0.39 is 0 Å². The number of nitrogens with zero attached hydrogens (tertiary/aromatic N) is 4. The van der Waals surface area contributed by atoms with Crippen LogP contribution >= 0.6 is 0 Å². The van der Waals surface area contributed by atoms with Gasteiger partial charge in [-0.15, -0.1) is 0 Å². The Morgan fingerprint density at radius 1 is 0.395 bits per heavy atom. The number of pyridine rings is 1. The molecule has 0 aliphatic heterocycles. The van der Waals surface area contributed by atoms with E-state index >= 15 is 0 Å². The van der Waals surface area contributed by atoms with Crippen LogP contribution in [0.25, 0.3) is 72.7 Å². The van der Waals surface area contributed by atoms with E-state index in [1.165, 1.54) is 27.4 Å². The van der Waals surface area contributed by atoms with Crippen LogP contribution in [-0.4, -0.2) is 19.5 Å². The molecule has 0 aliphatic carbocycles. The quantitative estimate of drug-likeness (QED) is 0.214. The van der Waals surface area contributed by atoms with E-state index in [0.29, 0.717) is 5.82 Å². The maximum Gasteiger partial charge on any atom is 0.160 e. The standard InChI is InChI=1S/C39H26N4/c1-3-11-29(12-4-1)39-41-35(26-36(42-39)34-16-9-10-24-40-34)28-20-18-27(19-21-28)30-22-23-38-33(25-30)32-15-7-8-17-37(32)43(38)31-13-5-2-6-14-31/h1-26H. The van der Waals surface area contributed by atoms with Crippen molar-refractivity contribution in [2.24, 2.45) is 0 Å². The molecule has 202 valence electrons. The first kappa shape index (κ1) is 24.9. The van der Waals surface area contributed by atoms with Gasteiger partial charge in [0.2, 0.25) is 0 Å². The zero-order valence-corrected chi connectivity index (χ0v) is 23.3. The van der Waals surface area contributed by atoms with E-state index in [0.717, 1.165) is 39.5 Å². The van der Waals surface area contributed by atoms with E-state index in [1.54, 1.807) is 6.20 Å². The minimum Gasteiger partial charge on any atom is -0.309 e. The molecule has 0 spiro atoms. The van der Waals surface area contributed by atoms with Crippen molar-refractivity contribution in [1.82, 2.24) is 19.5 Å². The fourth-order valence-electron chi connectivity index (χ4n) is 5.80. The van der Waals surface area contributed by atoms with Crippen molar-refractivity contribution in [3.8, 4) is 50.8 Å². The molecule has 0 radical (unpaired) electrons. The molecule has 0 amide bonds. The van der Waals surface area contributed by atoms with Gasteiger partial charge in [0.1, 0.15) is 0 Å². The van der Waals surface area contributed by atoms with Crippen LogP contribution in [0.4, 0.5) is 0 Å². The Morgan fingerprint density at radius 3 is 1.84 bits per heavy atom. The van der Waals surface area contributed by atoms with Crippen molar-refractivity contribution in [2.75, 3.05) is 0 Å². The minimum atomic E-state index is 0.683. The summed E-state index contributed by atoms with van der Waals surface area (Å²) in [5.74, 6) is 0.683. The number of benzene rings is 5. The Morgan fingerprint density at radius 2 is 1.05 bits per heavy atom. The molecule has 8 aromatic rings. The number of rotatable bonds is 5. The normalized spacial score (nSPS) is 11.3. The second-order valence-electron chi connectivity index (χ2n) is 10.5. The molecular formula is C39H26N4. The van der Waals surface area contributed by atoms with Gasteiger partial charge in [0.25, 0.3) is 0 Å². The molecule has 3 heterocycles. The summed E-state index contributed by atoms with van der Waals surface area (Å²) in [6.07, 6.45) is 1.79. The van der Waals surface area contributed by atoms with Gasteiger partial charge in [-0.25, -0.2) is 9.97 Å². The van der Waals surface area contributed by atoms with Gasteiger partial charge >= 0.3 is 0 Å². The van der Waals surface area contributed by atoms with Gasteiger partial charge < -0.3 is 4.57 Å². The van der Waals surface area contributed by atoms with Crippen LogP contribution in [0.3, 0.4) is 0 Å². The van der Waals surface area contributed by atoms with Gasteiger partial charge in [-0.3, -0.25) is 4.98 Å². The summed E-state index contributed by atoms with van der Waals surface area (Å²) in [7, 11) is 0. The molecule has 8 rings (SSSR count). The molecule has 0 bridgehead atoms. The molecule has 4 heteroatoms. The highest BCUT2D eigenvalue weighted by molar-refractivity contribution is 6.10. The lowest BCUT2D eigenvalue weighted by Gasteiger charge is -2.10. The molecule has 43 heavy (non-hydrogen) atoms. The predicted molar refractivity (Wildman–Crippen MR) is 176 cm³/mol. The van der Waals surface area contributed by atoms with Crippen LogP contribution in [-0.2, 0) is 0 Å². The number of hydrogen-bond donors (Lipinski definition) is 0. The van der Waals surface area contributed by atoms with E-state index in [4.69, 9.17) is 9.97 Å². The van der Waals surface area contributed by atoms with Crippen molar-refractivity contribution in [3.63, 3.8) is 0 Å². The molecule has 0 atom stereocenters. The molecule has 0 saturated carbocycles. The summed E-state index contributed by atoms with van der Waals surface area (Å²) in [5, 5.41) is 2.49. The van der Waals surface area contributed by atoms with E-state index in [2.05, 4.69) is 107 Å². The molecule has 4 nitrogen and oxygen atoms in total. The molecule has 5 aromatic carbocycles. The first-order valence-corrected chi connectivity index (χ1v) is 14.4. The number of aromatic nitrogens is 4. The van der Waals surface area contributed by atoms with E-state index in [9.17, 15) is 0 Å². The van der Waals surface area contributed by atoms with Crippen LogP contribution in [0.1, 0.15) is 0 Å². The van der Waals surface area contributed by atoms with Crippen LogP contribution in [0.15, 0.2) is 158 Å². The van der Waals surface area contributed by atoms with Gasteiger partial charge in [0.15, 0.2) is 5.82 Å². The molecule has 3 aromatic heterocycles. The predicted octanol–water partition coefficient (Wildman–Crippen LogP) is 9.64. The van der Waals surface area contributed by atoms with E-state index in [1.807, 2.05) is 54.6 Å². The topological polar surface area (TPSA) is 43.6 Å². The van der Waals surface area contributed by atoms with E-state index in [-0.39, 0.29) is 0 Å². The summed E-state index contributed by atoms with van der Waals surface area (Å²) in [4.78, 5) is 14.4. The Bertz CT molecular complexity index is 2150. The van der Waals surface area contributed by atoms with Crippen LogP contribution in [0, 0.1) is 0 Å². The average molecular weight is 551 g/mol. The number of para-hydroxylation sites is 2. The van der Waals surface area contributed by atoms with Crippen LogP contribution in [0.2, 0.25) is 0 Å². The fourth-order valence-corrected chi connectivity index (χ4v) is 5.80. The third kappa shape index (κ3) is 4.55. The third-order valence-corrected chi connectivity index (χ3v) is 7.89. The largest absolute Gasteiger partial charge is 0.309 e. The van der Waals surface area contributed by atoms with Crippen LogP contribution in [0.5, 0.6) is 0 Å². The van der Waals surface area contributed by atoms with Gasteiger partial charge in [0, 0.05) is 33.8 Å². The molecule has 0 saturated heterocycles. The highest BCUT2D eigenvalue weighted by Gasteiger charge is 2.14. The highest BCUT2D eigenvalue weighted by Crippen LogP contribution is 2.35. The van der Waals surface area contributed by atoms with Crippen LogP contribution < -0.4 is 0 Å². The molecule has 0 N–H and O–H groups in total. The first-order valence-electron chi connectivity index (χ1n) is 14.4. The van der Waals surface area contributed by atoms with Crippen molar-refractivity contribution in [1.29, 1.82) is 0 Å². The average Bonchev–Trinajstić information content (AvgIpc) is 3.43. The molecule has 0 fully saturated rings. The van der Waals surface area contributed by atoms with Crippen molar-refractivity contribution < 1.29 is 0 Å². The molecule has 0 unspecified atom stereocenters. The molecule has 0 aliphatic rings. The zero-order valence-electron chi connectivity index (χ0n) is 23.3. The SMILES string of the molecule is c1ccc(-c2nc(-c3ccc(-c4ccc5c(c4)c4ccccc4n5-c4ccccc4)cc3)cc(-c3ccccn3)n2)cc1. The van der Waals surface area contributed by atoms with Gasteiger partial charge in [-0.2, -0.15) is 0 Å². The summed E-state index contributed by atoms with van der Waals surface area (Å²) in [5.41, 5.74) is 10.4. The van der Waals surface area contributed by atoms with Crippen molar-refractivity contribution in [2.45, 2.75) is 0 Å². The smallest absolute Gasteiger partial charge is 0.160 e. The maximum atomic E-state index is 4.97. The Labute approximate surface area is 249 Å². The fraction of sp³-hybridized carbons (Fsp3) is 0. The lowest BCUT2D eigenvalue weighted by Crippen LogP contribution is -1.96. The Hall–Kier alpha value is -5.87. The summed E-state index contributed by atoms with van der Waals surface area (Å²) < 4.78 is 2.34. The molecular weight excluding hydrogens is 524 g/mol. The summed E-state index contributed by atoms with van der Waals surface area (Å²) in [6.45, 7) is 0. The number of fused-ring (bicyclic) bond motifs is 3. The lowest BCUT2D eigenvalue weighted by molar-refractivity contribution is 1.16.